The van der Waals surface area contributed by atoms with Crippen molar-refractivity contribution in [1.29, 1.82) is 0 Å². The van der Waals surface area contributed by atoms with Crippen molar-refractivity contribution in [2.24, 2.45) is 5.92 Å². The number of halogens is 1. The molecular weight excluding hydrogens is 258 g/mol. The minimum absolute atomic E-state index is 0.187. The zero-order chi connectivity index (χ0) is 13.5. The molecule has 0 spiro atoms. The quantitative estimate of drug-likeness (QED) is 0.454. The van der Waals surface area contributed by atoms with Crippen LogP contribution in [0, 0.1) is 16.0 Å². The van der Waals surface area contributed by atoms with Crippen molar-refractivity contribution in [3.05, 3.63) is 27.9 Å². The first-order valence-electron chi connectivity index (χ1n) is 5.76. The lowest BCUT2D eigenvalue weighted by Gasteiger charge is -2.13. The van der Waals surface area contributed by atoms with E-state index in [-0.39, 0.29) is 17.4 Å². The maximum Gasteiger partial charge on any atom is 0.321 e. The second-order valence-corrected chi connectivity index (χ2v) is 4.35. The monoisotopic (exact) mass is 273 g/mol. The summed E-state index contributed by atoms with van der Waals surface area (Å²) in [6.07, 6.45) is 1.76. The largest absolute Gasteiger partial charge is 0.358 e. The number of aromatic amines is 1. The molecule has 0 aliphatic carbocycles. The first-order valence-corrected chi connectivity index (χ1v) is 6.29. The van der Waals surface area contributed by atoms with Crippen molar-refractivity contribution in [2.75, 3.05) is 12.4 Å². The number of rotatable bonds is 7. The van der Waals surface area contributed by atoms with E-state index in [1.54, 1.807) is 0 Å². The van der Waals surface area contributed by atoms with Crippen molar-refractivity contribution in [1.82, 2.24) is 10.3 Å². The lowest BCUT2D eigenvalue weighted by atomic mass is 10.0. The van der Waals surface area contributed by atoms with Gasteiger partial charge in [0.15, 0.2) is 5.69 Å². The molecule has 1 aromatic rings. The molecule has 0 saturated carbocycles. The fraction of sp³-hybridized carbons (Fsp3) is 0.545. The average molecular weight is 274 g/mol. The minimum atomic E-state index is -0.570. The van der Waals surface area contributed by atoms with Gasteiger partial charge in [0, 0.05) is 18.5 Å². The summed E-state index contributed by atoms with van der Waals surface area (Å²) in [6.45, 7) is 2.55. The van der Waals surface area contributed by atoms with Gasteiger partial charge in [-0.15, -0.1) is 11.6 Å². The molecule has 1 rings (SSSR count). The van der Waals surface area contributed by atoms with Crippen LogP contribution < -0.4 is 5.32 Å². The Morgan fingerprint density at radius 2 is 2.33 bits per heavy atom. The molecule has 0 bridgehead atoms. The number of nitrogens with zero attached hydrogens (tertiary/aromatic N) is 1. The third-order valence-electron chi connectivity index (χ3n) is 2.76. The van der Waals surface area contributed by atoms with E-state index in [9.17, 15) is 14.9 Å². The normalized spacial score (nSPS) is 12.1. The average Bonchev–Trinajstić information content (AvgIpc) is 2.83. The molecule has 7 heteroatoms. The Morgan fingerprint density at radius 3 is 2.83 bits per heavy atom. The summed E-state index contributed by atoms with van der Waals surface area (Å²) < 4.78 is 0. The summed E-state index contributed by atoms with van der Waals surface area (Å²) in [4.78, 5) is 24.0. The van der Waals surface area contributed by atoms with Gasteiger partial charge in [-0.3, -0.25) is 4.79 Å². The van der Waals surface area contributed by atoms with Crippen LogP contribution in [0.3, 0.4) is 0 Å². The highest BCUT2D eigenvalue weighted by molar-refractivity contribution is 6.17. The van der Waals surface area contributed by atoms with Crippen molar-refractivity contribution < 1.29 is 9.72 Å². The van der Waals surface area contributed by atoms with Gasteiger partial charge >= 0.3 is 5.82 Å². The summed E-state index contributed by atoms with van der Waals surface area (Å²) in [6, 6.07) is 2.67. The lowest BCUT2D eigenvalue weighted by Crippen LogP contribution is -2.29. The van der Waals surface area contributed by atoms with Crippen LogP contribution in [0.5, 0.6) is 0 Å². The molecule has 0 aliphatic heterocycles. The molecule has 0 aliphatic rings. The number of nitro groups is 1. The molecule has 0 saturated heterocycles. The maximum absolute atomic E-state index is 11.7. The second-order valence-electron chi connectivity index (χ2n) is 3.98. The van der Waals surface area contributed by atoms with E-state index in [0.717, 1.165) is 12.8 Å². The predicted octanol–water partition coefficient (Wildman–Crippen LogP) is 2.31. The number of alkyl halides is 1. The number of H-pyrrole nitrogens is 1. The number of amides is 1. The smallest absolute Gasteiger partial charge is 0.321 e. The zero-order valence-electron chi connectivity index (χ0n) is 10.1. The predicted molar refractivity (Wildman–Crippen MR) is 68.9 cm³/mol. The Morgan fingerprint density at radius 1 is 1.61 bits per heavy atom. The molecule has 1 atom stereocenters. The molecule has 0 aromatic carbocycles. The summed E-state index contributed by atoms with van der Waals surface area (Å²) in [5, 5.41) is 13.2. The third-order valence-corrected chi connectivity index (χ3v) is 2.98. The Balaban J connectivity index is 2.51. The van der Waals surface area contributed by atoms with E-state index in [4.69, 9.17) is 11.6 Å². The minimum Gasteiger partial charge on any atom is -0.358 e. The van der Waals surface area contributed by atoms with Crippen molar-refractivity contribution in [3.8, 4) is 0 Å². The number of hydrogen-bond donors (Lipinski definition) is 2. The molecule has 6 nitrogen and oxygen atoms in total. The number of carbonyl (C=O) groups excluding carboxylic acids is 1. The van der Waals surface area contributed by atoms with Crippen LogP contribution in [0.15, 0.2) is 12.1 Å². The highest BCUT2D eigenvalue weighted by Crippen LogP contribution is 2.11. The van der Waals surface area contributed by atoms with E-state index < -0.39 is 4.92 Å². The molecule has 1 amide bonds. The molecule has 18 heavy (non-hydrogen) atoms. The number of aromatic nitrogens is 1. The molecule has 2 N–H and O–H groups in total. The van der Waals surface area contributed by atoms with E-state index >= 15 is 0 Å². The van der Waals surface area contributed by atoms with Crippen LogP contribution in [-0.4, -0.2) is 28.2 Å². The van der Waals surface area contributed by atoms with Crippen LogP contribution in [0.25, 0.3) is 0 Å². The van der Waals surface area contributed by atoms with Gasteiger partial charge in [0.1, 0.15) is 0 Å². The summed E-state index contributed by atoms with van der Waals surface area (Å²) in [5.41, 5.74) is 0.197. The number of hydrogen-bond acceptors (Lipinski definition) is 3. The molecule has 1 heterocycles. The van der Waals surface area contributed by atoms with Gasteiger partial charge in [0.2, 0.25) is 0 Å². The first-order chi connectivity index (χ1) is 8.58. The van der Waals surface area contributed by atoms with Crippen molar-refractivity contribution in [3.63, 3.8) is 0 Å². The topological polar surface area (TPSA) is 88.0 Å². The van der Waals surface area contributed by atoms with Gasteiger partial charge in [-0.1, -0.05) is 13.3 Å². The molecule has 0 fully saturated rings. The van der Waals surface area contributed by atoms with E-state index in [0.29, 0.717) is 18.3 Å². The molecule has 1 unspecified atom stereocenters. The SMILES string of the molecule is CCC(CCCl)CNC(=O)c1ccc([N+](=O)[O-])[nH]1. The highest BCUT2D eigenvalue weighted by atomic mass is 35.5. The number of carbonyl (C=O) groups is 1. The van der Waals surface area contributed by atoms with E-state index in [2.05, 4.69) is 10.3 Å². The molecule has 0 radical (unpaired) electrons. The van der Waals surface area contributed by atoms with Crippen LogP contribution >= 0.6 is 11.6 Å². The van der Waals surface area contributed by atoms with Crippen molar-refractivity contribution >= 4 is 23.3 Å². The maximum atomic E-state index is 11.7. The Kier molecular flexibility index (Phi) is 5.64. The van der Waals surface area contributed by atoms with Crippen LogP contribution in [-0.2, 0) is 0 Å². The zero-order valence-corrected chi connectivity index (χ0v) is 10.9. The van der Waals surface area contributed by atoms with Crippen LogP contribution in [0.2, 0.25) is 0 Å². The Bertz CT molecular complexity index is 419. The van der Waals surface area contributed by atoms with Crippen LogP contribution in [0.4, 0.5) is 5.82 Å². The van der Waals surface area contributed by atoms with Gasteiger partial charge in [-0.2, -0.15) is 0 Å². The second kappa shape index (κ2) is 7.00. The third kappa shape index (κ3) is 4.03. The Hall–Kier alpha value is -1.56. The summed E-state index contributed by atoms with van der Waals surface area (Å²) in [5.74, 6) is 0.364. The Labute approximate surface area is 110 Å². The standard InChI is InChI=1S/C11H16ClN3O3/c1-2-8(5-6-12)7-13-11(16)9-3-4-10(14-9)15(17)18/h3-4,8,14H,2,5-7H2,1H3,(H,13,16). The number of nitrogens with one attached hydrogen (secondary N) is 2. The summed E-state index contributed by atoms with van der Waals surface area (Å²) in [7, 11) is 0. The molecule has 100 valence electrons. The van der Waals surface area contributed by atoms with E-state index in [1.807, 2.05) is 6.92 Å². The first kappa shape index (κ1) is 14.5. The van der Waals surface area contributed by atoms with Gasteiger partial charge in [-0.25, -0.2) is 4.98 Å². The van der Waals surface area contributed by atoms with Gasteiger partial charge in [-0.05, 0) is 23.3 Å². The fourth-order valence-electron chi connectivity index (χ4n) is 1.56. The molecular formula is C11H16ClN3O3. The molecule has 1 aromatic heterocycles. The highest BCUT2D eigenvalue weighted by Gasteiger charge is 2.16. The fourth-order valence-corrected chi connectivity index (χ4v) is 1.87. The summed E-state index contributed by atoms with van der Waals surface area (Å²) >= 11 is 5.65. The van der Waals surface area contributed by atoms with Crippen molar-refractivity contribution in [2.45, 2.75) is 19.8 Å². The van der Waals surface area contributed by atoms with Gasteiger partial charge in [0.25, 0.3) is 5.91 Å². The van der Waals surface area contributed by atoms with Gasteiger partial charge < -0.3 is 15.4 Å². The van der Waals surface area contributed by atoms with E-state index in [1.165, 1.54) is 12.1 Å². The van der Waals surface area contributed by atoms with Crippen LogP contribution in [0.1, 0.15) is 30.3 Å². The lowest BCUT2D eigenvalue weighted by molar-refractivity contribution is -0.389. The van der Waals surface area contributed by atoms with Gasteiger partial charge in [0.05, 0.1) is 0 Å².